The van der Waals surface area contributed by atoms with Crippen molar-refractivity contribution in [2.75, 3.05) is 5.08 Å². The second kappa shape index (κ2) is 9.49. The van der Waals surface area contributed by atoms with Crippen molar-refractivity contribution >= 4 is 51.4 Å². The van der Waals surface area contributed by atoms with Crippen LogP contribution < -0.4 is 0 Å². The molecule has 0 radical (unpaired) electrons. The molecule has 0 amide bonds. The Morgan fingerprint density at radius 3 is 2.42 bits per heavy atom. The van der Waals surface area contributed by atoms with Crippen LogP contribution in [0.15, 0.2) is 44.5 Å². The average molecular weight is 435 g/mol. The van der Waals surface area contributed by atoms with Gasteiger partial charge >= 0.3 is 6.18 Å². The Labute approximate surface area is 168 Å². The zero-order chi connectivity index (χ0) is 19.2. The number of alkyl halides is 3. The smallest absolute Gasteiger partial charge is 0.259 e. The molecule has 1 heterocycles. The zero-order valence-corrected chi connectivity index (χ0v) is 17.4. The van der Waals surface area contributed by atoms with E-state index < -0.39 is 11.7 Å². The molecule has 2 nitrogen and oxygen atoms in total. The maximum atomic E-state index is 12.7. The molecule has 2 rings (SSSR count). The summed E-state index contributed by atoms with van der Waals surface area (Å²) in [6.45, 7) is 4.17. The van der Waals surface area contributed by atoms with E-state index in [1.807, 2.05) is 10.8 Å². The quantitative estimate of drug-likeness (QED) is 0.205. The number of rotatable bonds is 6. The Morgan fingerprint density at radius 2 is 1.88 bits per heavy atom. The first-order chi connectivity index (χ1) is 12.3. The number of halogens is 3. The molecule has 0 N–H and O–H groups in total. The largest absolute Gasteiger partial charge is 0.416 e. The molecule has 0 aromatic heterocycles. The predicted molar refractivity (Wildman–Crippen MR) is 109 cm³/mol. The van der Waals surface area contributed by atoms with Gasteiger partial charge in [-0.25, -0.2) is 0 Å². The van der Waals surface area contributed by atoms with E-state index in [1.165, 1.54) is 35.7 Å². The molecule has 0 aliphatic carbocycles. The molecule has 0 unspecified atom stereocenters. The maximum absolute atomic E-state index is 12.7. The van der Waals surface area contributed by atoms with Gasteiger partial charge in [-0.3, -0.25) is 4.99 Å². The van der Waals surface area contributed by atoms with Gasteiger partial charge in [-0.2, -0.15) is 18.4 Å². The van der Waals surface area contributed by atoms with Crippen molar-refractivity contribution in [2.24, 2.45) is 4.99 Å². The summed E-state index contributed by atoms with van der Waals surface area (Å²) in [5.41, 5.74) is -0.915. The van der Waals surface area contributed by atoms with Crippen LogP contribution in [0, 0.1) is 10.7 Å². The van der Waals surface area contributed by atoms with Gasteiger partial charge < -0.3 is 0 Å². The van der Waals surface area contributed by atoms with Crippen molar-refractivity contribution in [1.29, 1.82) is 5.26 Å². The minimum absolute atomic E-state index is 0.275. The zero-order valence-electron chi connectivity index (χ0n) is 14.2. The molecule has 0 spiro atoms. The molecule has 26 heavy (non-hydrogen) atoms. The van der Waals surface area contributed by atoms with Gasteiger partial charge in [-0.1, -0.05) is 49.1 Å². The van der Waals surface area contributed by atoms with Crippen LogP contribution in [0.25, 0.3) is 0 Å². The summed E-state index contributed by atoms with van der Waals surface area (Å²) in [6.07, 6.45) is -2.61. The number of nitrogens with zero attached hydrogens (tertiary/aromatic N) is 2. The Kier molecular flexibility index (Phi) is 7.89. The highest BCUT2D eigenvalue weighted by Gasteiger charge is 2.37. The number of benzene rings is 1. The van der Waals surface area contributed by atoms with Gasteiger partial charge in [0.15, 0.2) is 0 Å². The van der Waals surface area contributed by atoms with E-state index in [1.54, 1.807) is 23.5 Å². The minimum atomic E-state index is -4.32. The summed E-state index contributed by atoms with van der Waals surface area (Å²) < 4.78 is 38.9. The average Bonchev–Trinajstić information content (AvgIpc) is 2.98. The lowest BCUT2D eigenvalue weighted by Crippen LogP contribution is -2.22. The number of thiocyanates is 1. The van der Waals surface area contributed by atoms with Gasteiger partial charge in [0.2, 0.25) is 0 Å². The van der Waals surface area contributed by atoms with Crippen LogP contribution in [0.4, 0.5) is 13.2 Å². The topological polar surface area (TPSA) is 36.1 Å². The molecule has 0 bridgehead atoms. The van der Waals surface area contributed by atoms with Crippen molar-refractivity contribution < 1.29 is 13.2 Å². The molecule has 1 aliphatic rings. The summed E-state index contributed by atoms with van der Waals surface area (Å²) in [5, 5.41) is 13.3. The molecule has 0 saturated heterocycles. The van der Waals surface area contributed by atoms with Gasteiger partial charge in [0, 0.05) is 9.80 Å². The molecular weight excluding hydrogens is 417 g/mol. The van der Waals surface area contributed by atoms with Crippen LogP contribution in [0.3, 0.4) is 0 Å². The second-order valence-corrected chi connectivity index (χ2v) is 9.66. The summed E-state index contributed by atoms with van der Waals surface area (Å²) in [4.78, 5) is 6.72. The summed E-state index contributed by atoms with van der Waals surface area (Å²) in [6, 6.07) is 5.19. The molecule has 1 aromatic rings. The van der Waals surface area contributed by atoms with Crippen LogP contribution in [0.5, 0.6) is 0 Å². The number of thioether (sulfide) groups is 4. The highest BCUT2D eigenvalue weighted by molar-refractivity contribution is 8.43. The van der Waals surface area contributed by atoms with Crippen LogP contribution in [0.1, 0.15) is 32.3 Å². The van der Waals surface area contributed by atoms with Crippen molar-refractivity contribution in [3.05, 3.63) is 40.1 Å². The predicted octanol–water partition coefficient (Wildman–Crippen LogP) is 7.21. The lowest BCUT2D eigenvalue weighted by atomic mass is 9.94. The molecule has 0 atom stereocenters. The lowest BCUT2D eigenvalue weighted by molar-refractivity contribution is -0.137. The standard InChI is InChI=1S/C17H17F3N2S4/c1-3-16(4-2)14(26-15(22-16)25-11-23-10-21)9-24-13-7-5-12(6-8-13)17(18,19)20/h5-9H,3-4,11H2,1-2H3. The van der Waals surface area contributed by atoms with E-state index in [2.05, 4.69) is 13.8 Å². The van der Waals surface area contributed by atoms with Crippen LogP contribution in [-0.2, 0) is 6.18 Å². The Hall–Kier alpha value is -0.690. The highest BCUT2D eigenvalue weighted by Crippen LogP contribution is 2.48. The summed E-state index contributed by atoms with van der Waals surface area (Å²) in [7, 11) is 0. The van der Waals surface area contributed by atoms with Crippen molar-refractivity contribution in [1.82, 2.24) is 0 Å². The molecule has 9 heteroatoms. The van der Waals surface area contributed by atoms with Crippen LogP contribution in [-0.4, -0.2) is 15.0 Å². The fourth-order valence-corrected chi connectivity index (χ4v) is 6.40. The fraction of sp³-hybridized carbons (Fsp3) is 0.412. The third-order valence-corrected chi connectivity index (χ3v) is 7.96. The van der Waals surface area contributed by atoms with Crippen molar-refractivity contribution in [3.63, 3.8) is 0 Å². The first kappa shape index (κ1) is 21.6. The third kappa shape index (κ3) is 5.41. The number of nitriles is 1. The van der Waals surface area contributed by atoms with Gasteiger partial charge in [-0.15, -0.1) is 0 Å². The number of hydrogen-bond acceptors (Lipinski definition) is 6. The summed E-state index contributed by atoms with van der Waals surface area (Å²) >= 11 is 5.74. The van der Waals surface area contributed by atoms with E-state index in [0.29, 0.717) is 5.08 Å². The molecule has 140 valence electrons. The first-order valence-corrected chi connectivity index (χ1v) is 11.5. The molecular formula is C17H17F3N2S4. The van der Waals surface area contributed by atoms with Crippen LogP contribution in [0.2, 0.25) is 0 Å². The fourth-order valence-electron chi connectivity index (χ4n) is 2.34. The van der Waals surface area contributed by atoms with Gasteiger partial charge in [0.05, 0.1) is 16.2 Å². The third-order valence-electron chi connectivity index (χ3n) is 3.92. The van der Waals surface area contributed by atoms with Gasteiger partial charge in [0.25, 0.3) is 0 Å². The van der Waals surface area contributed by atoms with E-state index in [-0.39, 0.29) is 5.54 Å². The van der Waals surface area contributed by atoms with E-state index >= 15 is 0 Å². The Morgan fingerprint density at radius 1 is 1.23 bits per heavy atom. The Balaban J connectivity index is 2.12. The highest BCUT2D eigenvalue weighted by atomic mass is 32.2. The van der Waals surface area contributed by atoms with E-state index in [4.69, 9.17) is 10.3 Å². The lowest BCUT2D eigenvalue weighted by Gasteiger charge is -2.23. The van der Waals surface area contributed by atoms with E-state index in [9.17, 15) is 13.2 Å². The second-order valence-electron chi connectivity index (χ2n) is 5.34. The molecule has 0 fully saturated rings. The van der Waals surface area contributed by atoms with Crippen molar-refractivity contribution in [3.8, 4) is 5.40 Å². The van der Waals surface area contributed by atoms with E-state index in [0.717, 1.165) is 39.2 Å². The normalized spacial score (nSPS) is 18.0. The number of aliphatic imine (C=N–C) groups is 1. The number of hydrogen-bond donors (Lipinski definition) is 0. The monoisotopic (exact) mass is 434 g/mol. The molecule has 1 aliphatic heterocycles. The summed E-state index contributed by atoms with van der Waals surface area (Å²) in [5.74, 6) is 0. The first-order valence-electron chi connectivity index (χ1n) is 7.80. The Bertz CT molecular complexity index is 717. The molecule has 1 aromatic carbocycles. The SMILES string of the molecule is CCC1(CC)N=C(SCSC#N)SC1=CSc1ccc(C(F)(F)F)cc1. The van der Waals surface area contributed by atoms with Gasteiger partial charge in [-0.05, 0) is 54.3 Å². The van der Waals surface area contributed by atoms with Crippen molar-refractivity contribution in [2.45, 2.75) is 43.3 Å². The maximum Gasteiger partial charge on any atom is 0.416 e. The minimum Gasteiger partial charge on any atom is -0.259 e. The van der Waals surface area contributed by atoms with Gasteiger partial charge in [0.1, 0.15) is 9.78 Å². The van der Waals surface area contributed by atoms with Crippen LogP contribution >= 0.6 is 47.0 Å². The molecule has 0 saturated carbocycles.